The Morgan fingerprint density at radius 3 is 2.67 bits per heavy atom. The van der Waals surface area contributed by atoms with Crippen LogP contribution in [0, 0.1) is 5.92 Å². The maximum absolute atomic E-state index is 5.99. The number of aromatic amines is 1. The number of nitrogens with one attached hydrogen (secondary N) is 1. The highest BCUT2D eigenvalue weighted by Gasteiger charge is 2.26. The van der Waals surface area contributed by atoms with E-state index in [0.29, 0.717) is 28.9 Å². The lowest BCUT2D eigenvalue weighted by molar-refractivity contribution is 0.152. The minimum Gasteiger partial charge on any atom is -0.368 e. The Hall–Kier alpha value is -1.79. The summed E-state index contributed by atoms with van der Waals surface area (Å²) >= 11 is 5.99. The number of nitrogens with two attached hydrogens (primary N) is 1. The Kier molecular flexibility index (Phi) is 8.38. The molecule has 2 heterocycles. The van der Waals surface area contributed by atoms with E-state index >= 15 is 0 Å². The van der Waals surface area contributed by atoms with Crippen molar-refractivity contribution in [2.45, 2.75) is 46.1 Å². The Morgan fingerprint density at radius 2 is 2.11 bits per heavy atom. The maximum Gasteiger partial charge on any atom is 0.246 e. The van der Waals surface area contributed by atoms with Gasteiger partial charge in [-0.05, 0) is 38.2 Å². The van der Waals surface area contributed by atoms with Gasteiger partial charge in [0.15, 0.2) is 0 Å². The molecule has 3 N–H and O–H groups in total. The second-order valence-electron chi connectivity index (χ2n) is 7.65. The molecule has 7 heteroatoms. The van der Waals surface area contributed by atoms with Crippen LogP contribution in [0.2, 0.25) is 0 Å². The number of hydrogen-bond acceptors (Lipinski definition) is 5. The van der Waals surface area contributed by atoms with Gasteiger partial charge >= 0.3 is 0 Å². The van der Waals surface area contributed by atoms with E-state index in [-0.39, 0.29) is 0 Å². The summed E-state index contributed by atoms with van der Waals surface area (Å²) in [5.74, 6) is 1.74. The predicted octanol–water partition coefficient (Wildman–Crippen LogP) is 3.96. The van der Waals surface area contributed by atoms with Gasteiger partial charge in [0.2, 0.25) is 11.9 Å². The fraction of sp³-hybridized carbons (Fsp3) is 0.600. The number of H-pyrrole nitrogens is 1. The zero-order valence-corrected chi connectivity index (χ0v) is 17.5. The van der Waals surface area contributed by atoms with Gasteiger partial charge in [-0.3, -0.25) is 4.90 Å². The molecule has 1 aliphatic heterocycles. The molecule has 0 spiro atoms. The van der Waals surface area contributed by atoms with E-state index in [1.54, 1.807) is 6.08 Å². The van der Waals surface area contributed by atoms with E-state index in [1.165, 1.54) is 5.57 Å². The molecule has 6 nitrogen and oxygen atoms in total. The third-order valence-electron chi connectivity index (χ3n) is 4.87. The highest BCUT2D eigenvalue weighted by Crippen LogP contribution is 2.22. The number of halogens is 1. The summed E-state index contributed by atoms with van der Waals surface area (Å²) in [7, 11) is 0. The molecule has 27 heavy (non-hydrogen) atoms. The summed E-state index contributed by atoms with van der Waals surface area (Å²) in [5, 5.41) is 7.57. The Morgan fingerprint density at radius 1 is 1.41 bits per heavy atom. The van der Waals surface area contributed by atoms with Gasteiger partial charge in [-0.2, -0.15) is 4.98 Å². The lowest BCUT2D eigenvalue weighted by Gasteiger charge is -2.39. The molecular weight excluding hydrogens is 360 g/mol. The fourth-order valence-corrected chi connectivity index (χ4v) is 3.49. The molecule has 0 atom stereocenters. The molecule has 1 saturated heterocycles. The second kappa shape index (κ2) is 10.5. The predicted molar refractivity (Wildman–Crippen MR) is 115 cm³/mol. The normalized spacial score (nSPS) is 17.2. The second-order valence-corrected chi connectivity index (χ2v) is 8.08. The minimum atomic E-state index is 0.376. The SMILES string of the molecule is C=C/C(Cl)=C\C=C(/C)CCN(CC(C)C)C1CCN(c2n[nH]c(N)n2)CC1. The van der Waals surface area contributed by atoms with Crippen molar-refractivity contribution >= 4 is 23.5 Å². The Labute approximate surface area is 168 Å². The number of nitrogens with zero attached hydrogens (tertiary/aromatic N) is 4. The highest BCUT2D eigenvalue weighted by atomic mass is 35.5. The first kappa shape index (κ1) is 21.5. The lowest BCUT2D eigenvalue weighted by Crippen LogP contribution is -2.46. The molecule has 1 aliphatic rings. The monoisotopic (exact) mass is 392 g/mol. The molecular formula is C20H33ClN6. The number of rotatable bonds is 9. The van der Waals surface area contributed by atoms with Gasteiger partial charge in [0, 0.05) is 37.3 Å². The van der Waals surface area contributed by atoms with E-state index in [1.807, 2.05) is 6.08 Å². The topological polar surface area (TPSA) is 74.1 Å². The van der Waals surface area contributed by atoms with Crippen molar-refractivity contribution in [1.82, 2.24) is 20.1 Å². The van der Waals surface area contributed by atoms with Gasteiger partial charge in [0.1, 0.15) is 0 Å². The number of nitrogen functional groups attached to an aromatic ring is 1. The number of piperidine rings is 1. The van der Waals surface area contributed by atoms with Crippen LogP contribution >= 0.6 is 11.6 Å². The van der Waals surface area contributed by atoms with Crippen LogP contribution in [0.3, 0.4) is 0 Å². The summed E-state index contributed by atoms with van der Waals surface area (Å²) in [6, 6.07) is 0.597. The van der Waals surface area contributed by atoms with E-state index < -0.39 is 0 Å². The summed E-state index contributed by atoms with van der Waals surface area (Å²) in [6.07, 6.45) is 8.94. The summed E-state index contributed by atoms with van der Waals surface area (Å²) < 4.78 is 0. The lowest BCUT2D eigenvalue weighted by atomic mass is 10.0. The van der Waals surface area contributed by atoms with Crippen molar-refractivity contribution < 1.29 is 0 Å². The first-order chi connectivity index (χ1) is 12.9. The van der Waals surface area contributed by atoms with Gasteiger partial charge in [-0.15, -0.1) is 5.10 Å². The molecule has 1 aromatic rings. The molecule has 1 fully saturated rings. The van der Waals surface area contributed by atoms with Gasteiger partial charge in [-0.25, -0.2) is 5.10 Å². The maximum atomic E-state index is 5.99. The van der Waals surface area contributed by atoms with Crippen LogP contribution in [-0.4, -0.2) is 52.3 Å². The van der Waals surface area contributed by atoms with Crippen molar-refractivity contribution in [3.05, 3.63) is 35.4 Å². The number of anilines is 2. The first-order valence-corrected chi connectivity index (χ1v) is 10.1. The van der Waals surface area contributed by atoms with Crippen LogP contribution in [0.25, 0.3) is 0 Å². The molecule has 150 valence electrons. The number of aromatic nitrogens is 3. The van der Waals surface area contributed by atoms with Gasteiger partial charge in [0.05, 0.1) is 0 Å². The standard InChI is InChI=1S/C20H33ClN6/c1-5-17(21)7-6-16(4)8-11-27(14-15(2)3)18-9-12-26(13-10-18)20-23-19(22)24-25-20/h5-7,15,18H,1,8-14H2,2-4H3,(H3,22,23,24,25)/b16-6+,17-7+. The van der Waals surface area contributed by atoms with Gasteiger partial charge in [0.25, 0.3) is 0 Å². The first-order valence-electron chi connectivity index (χ1n) is 9.71. The largest absolute Gasteiger partial charge is 0.368 e. The molecule has 0 aromatic carbocycles. The van der Waals surface area contributed by atoms with Crippen LogP contribution in [0.5, 0.6) is 0 Å². The smallest absolute Gasteiger partial charge is 0.246 e. The third-order valence-corrected chi connectivity index (χ3v) is 5.15. The van der Waals surface area contributed by atoms with Crippen molar-refractivity contribution in [1.29, 1.82) is 0 Å². The van der Waals surface area contributed by atoms with Crippen LogP contribution in [0.15, 0.2) is 35.4 Å². The molecule has 0 bridgehead atoms. The Bertz CT molecular complexity index is 655. The highest BCUT2D eigenvalue weighted by molar-refractivity contribution is 6.31. The third kappa shape index (κ3) is 7.03. The van der Waals surface area contributed by atoms with Crippen LogP contribution in [0.4, 0.5) is 11.9 Å². The van der Waals surface area contributed by atoms with E-state index in [4.69, 9.17) is 17.3 Å². The zero-order valence-electron chi connectivity index (χ0n) is 16.8. The molecule has 0 unspecified atom stereocenters. The molecule has 2 rings (SSSR count). The van der Waals surface area contributed by atoms with Crippen molar-refractivity contribution in [2.75, 3.05) is 36.8 Å². The van der Waals surface area contributed by atoms with E-state index in [0.717, 1.165) is 45.4 Å². The average Bonchev–Trinajstić information content (AvgIpc) is 3.09. The number of allylic oxidation sites excluding steroid dienone is 4. The molecule has 1 aromatic heterocycles. The van der Waals surface area contributed by atoms with Crippen molar-refractivity contribution in [3.63, 3.8) is 0 Å². The van der Waals surface area contributed by atoms with E-state index in [2.05, 4.69) is 58.4 Å². The van der Waals surface area contributed by atoms with Crippen molar-refractivity contribution in [2.24, 2.45) is 5.92 Å². The van der Waals surface area contributed by atoms with Crippen LogP contribution in [0.1, 0.15) is 40.0 Å². The summed E-state index contributed by atoms with van der Waals surface area (Å²) in [5.41, 5.74) is 6.98. The molecule has 0 saturated carbocycles. The fourth-order valence-electron chi connectivity index (χ4n) is 3.42. The zero-order chi connectivity index (χ0) is 19.8. The average molecular weight is 393 g/mol. The van der Waals surface area contributed by atoms with Gasteiger partial charge in [-0.1, -0.05) is 49.8 Å². The van der Waals surface area contributed by atoms with Crippen LogP contribution < -0.4 is 10.6 Å². The van der Waals surface area contributed by atoms with E-state index in [9.17, 15) is 0 Å². The summed E-state index contributed by atoms with van der Waals surface area (Å²) in [4.78, 5) is 9.10. The molecule has 0 radical (unpaired) electrons. The molecule has 0 aliphatic carbocycles. The van der Waals surface area contributed by atoms with Crippen LogP contribution in [-0.2, 0) is 0 Å². The summed E-state index contributed by atoms with van der Waals surface area (Å²) in [6.45, 7) is 14.5. The number of hydrogen-bond donors (Lipinski definition) is 2. The Balaban J connectivity index is 1.91. The van der Waals surface area contributed by atoms with Crippen molar-refractivity contribution in [3.8, 4) is 0 Å². The molecule has 0 amide bonds. The van der Waals surface area contributed by atoms with Gasteiger partial charge < -0.3 is 10.6 Å². The quantitative estimate of drug-likeness (QED) is 0.622. The minimum absolute atomic E-state index is 0.376.